The van der Waals surface area contributed by atoms with Gasteiger partial charge in [-0.2, -0.15) is 0 Å². The SMILES string of the molecule is CCC(CCF)C(C)C. The Labute approximate surface area is 57.5 Å². The van der Waals surface area contributed by atoms with E-state index in [1.165, 1.54) is 0 Å². The summed E-state index contributed by atoms with van der Waals surface area (Å²) in [7, 11) is 0. The fourth-order valence-electron chi connectivity index (χ4n) is 1.15. The van der Waals surface area contributed by atoms with Crippen LogP contribution in [0.2, 0.25) is 0 Å². The van der Waals surface area contributed by atoms with Crippen molar-refractivity contribution in [1.82, 2.24) is 0 Å². The third-order valence-electron chi connectivity index (χ3n) is 1.95. The Morgan fingerprint density at radius 3 is 2.00 bits per heavy atom. The molecule has 0 aromatic carbocycles. The van der Waals surface area contributed by atoms with Gasteiger partial charge >= 0.3 is 0 Å². The highest BCUT2D eigenvalue weighted by atomic mass is 19.1. The summed E-state index contributed by atoms with van der Waals surface area (Å²) in [5.74, 6) is 1.24. The molecule has 0 aromatic rings. The van der Waals surface area contributed by atoms with Gasteiger partial charge < -0.3 is 0 Å². The molecule has 0 fully saturated rings. The molecule has 0 spiro atoms. The highest BCUT2D eigenvalue weighted by Crippen LogP contribution is 2.18. The molecule has 0 saturated carbocycles. The molecule has 0 bridgehead atoms. The molecule has 0 amide bonds. The molecule has 0 saturated heterocycles. The third kappa shape index (κ3) is 3.50. The molecule has 1 heteroatoms. The van der Waals surface area contributed by atoms with E-state index in [1.807, 2.05) is 0 Å². The smallest absolute Gasteiger partial charge is 0.0897 e. The molecule has 1 unspecified atom stereocenters. The van der Waals surface area contributed by atoms with E-state index < -0.39 is 0 Å². The predicted molar refractivity (Wildman–Crippen MR) is 39.2 cm³/mol. The van der Waals surface area contributed by atoms with Gasteiger partial charge in [-0.1, -0.05) is 27.2 Å². The average Bonchev–Trinajstić information content (AvgIpc) is 1.82. The van der Waals surface area contributed by atoms with Gasteiger partial charge in [-0.25, -0.2) is 0 Å². The zero-order valence-electron chi connectivity index (χ0n) is 6.65. The normalized spacial score (nSPS) is 14.3. The van der Waals surface area contributed by atoms with Crippen LogP contribution in [0.3, 0.4) is 0 Å². The molecule has 1 atom stereocenters. The fraction of sp³-hybridized carbons (Fsp3) is 1.00. The van der Waals surface area contributed by atoms with Gasteiger partial charge in [0.15, 0.2) is 0 Å². The van der Waals surface area contributed by atoms with E-state index >= 15 is 0 Å². The molecule has 0 aromatic heterocycles. The monoisotopic (exact) mass is 132 g/mol. The lowest BCUT2D eigenvalue weighted by Gasteiger charge is -2.16. The lowest BCUT2D eigenvalue weighted by molar-refractivity contribution is 0.306. The van der Waals surface area contributed by atoms with Gasteiger partial charge in [0.25, 0.3) is 0 Å². The van der Waals surface area contributed by atoms with Gasteiger partial charge in [0, 0.05) is 0 Å². The minimum absolute atomic E-state index is 0.156. The molecule has 0 aliphatic rings. The standard InChI is InChI=1S/C8H17F/c1-4-8(5-6-9)7(2)3/h7-8H,4-6H2,1-3H3. The second-order valence-corrected chi connectivity index (χ2v) is 2.89. The van der Waals surface area contributed by atoms with Crippen LogP contribution in [0.5, 0.6) is 0 Å². The van der Waals surface area contributed by atoms with Crippen molar-refractivity contribution in [2.24, 2.45) is 11.8 Å². The van der Waals surface area contributed by atoms with Gasteiger partial charge in [-0.3, -0.25) is 4.39 Å². The molecule has 56 valence electrons. The van der Waals surface area contributed by atoms with Crippen molar-refractivity contribution in [1.29, 1.82) is 0 Å². The van der Waals surface area contributed by atoms with Gasteiger partial charge in [0.1, 0.15) is 0 Å². The molecule has 0 aliphatic heterocycles. The first-order valence-electron chi connectivity index (χ1n) is 3.78. The summed E-state index contributed by atoms with van der Waals surface area (Å²) in [6.45, 7) is 6.28. The molecule has 9 heavy (non-hydrogen) atoms. The summed E-state index contributed by atoms with van der Waals surface area (Å²) in [6.07, 6.45) is 1.86. The van der Waals surface area contributed by atoms with Crippen LogP contribution >= 0.6 is 0 Å². The third-order valence-corrected chi connectivity index (χ3v) is 1.95. The Morgan fingerprint density at radius 2 is 1.89 bits per heavy atom. The van der Waals surface area contributed by atoms with Gasteiger partial charge in [-0.15, -0.1) is 0 Å². The topological polar surface area (TPSA) is 0 Å². The molecule has 0 N–H and O–H groups in total. The minimum Gasteiger partial charge on any atom is -0.251 e. The van der Waals surface area contributed by atoms with Crippen LogP contribution in [0.15, 0.2) is 0 Å². The van der Waals surface area contributed by atoms with Crippen molar-refractivity contribution in [3.63, 3.8) is 0 Å². The van der Waals surface area contributed by atoms with Crippen molar-refractivity contribution in [2.45, 2.75) is 33.6 Å². The van der Waals surface area contributed by atoms with E-state index in [2.05, 4.69) is 20.8 Å². The number of halogens is 1. The largest absolute Gasteiger partial charge is 0.251 e. The van der Waals surface area contributed by atoms with E-state index in [0.29, 0.717) is 11.8 Å². The molecule has 0 aliphatic carbocycles. The summed E-state index contributed by atoms with van der Waals surface area (Å²) < 4.78 is 11.8. The van der Waals surface area contributed by atoms with E-state index in [0.717, 1.165) is 12.8 Å². The van der Waals surface area contributed by atoms with E-state index in [-0.39, 0.29) is 6.67 Å². The maximum absolute atomic E-state index is 11.8. The highest BCUT2D eigenvalue weighted by Gasteiger charge is 2.09. The average molecular weight is 132 g/mol. The second-order valence-electron chi connectivity index (χ2n) is 2.89. The second kappa shape index (κ2) is 4.78. The van der Waals surface area contributed by atoms with Gasteiger partial charge in [0.05, 0.1) is 6.67 Å². The summed E-state index contributed by atoms with van der Waals surface area (Å²) in [5.41, 5.74) is 0. The zero-order valence-corrected chi connectivity index (χ0v) is 6.65. The maximum atomic E-state index is 11.8. The minimum atomic E-state index is -0.156. The predicted octanol–water partition coefficient (Wildman–Crippen LogP) is 3.03. The molecule has 0 rings (SSSR count). The van der Waals surface area contributed by atoms with Crippen molar-refractivity contribution in [2.75, 3.05) is 6.67 Å². The van der Waals surface area contributed by atoms with Crippen LogP contribution in [-0.4, -0.2) is 6.67 Å². The van der Waals surface area contributed by atoms with Crippen LogP contribution in [-0.2, 0) is 0 Å². The number of rotatable bonds is 4. The first-order chi connectivity index (χ1) is 4.22. The fourth-order valence-corrected chi connectivity index (χ4v) is 1.15. The lowest BCUT2D eigenvalue weighted by Crippen LogP contribution is -2.07. The Hall–Kier alpha value is -0.0700. The molecular weight excluding hydrogens is 115 g/mol. The Kier molecular flexibility index (Phi) is 4.74. The lowest BCUT2D eigenvalue weighted by atomic mass is 9.91. The van der Waals surface area contributed by atoms with Crippen LogP contribution in [0, 0.1) is 11.8 Å². The summed E-state index contributed by atoms with van der Waals surface area (Å²) in [4.78, 5) is 0. The highest BCUT2D eigenvalue weighted by molar-refractivity contribution is 4.59. The quantitative estimate of drug-likeness (QED) is 0.551. The molecular formula is C8H17F. The van der Waals surface area contributed by atoms with Crippen molar-refractivity contribution < 1.29 is 4.39 Å². The summed E-state index contributed by atoms with van der Waals surface area (Å²) >= 11 is 0. The summed E-state index contributed by atoms with van der Waals surface area (Å²) in [5, 5.41) is 0. The number of hydrogen-bond donors (Lipinski definition) is 0. The Balaban J connectivity index is 3.41. The van der Waals surface area contributed by atoms with E-state index in [1.54, 1.807) is 0 Å². The Morgan fingerprint density at radius 1 is 1.33 bits per heavy atom. The molecule has 0 radical (unpaired) electrons. The first-order valence-corrected chi connectivity index (χ1v) is 3.78. The van der Waals surface area contributed by atoms with Crippen molar-refractivity contribution in [3.05, 3.63) is 0 Å². The summed E-state index contributed by atoms with van der Waals surface area (Å²) in [6, 6.07) is 0. The number of hydrogen-bond acceptors (Lipinski definition) is 0. The zero-order chi connectivity index (χ0) is 7.28. The first kappa shape index (κ1) is 8.93. The van der Waals surface area contributed by atoms with Crippen LogP contribution < -0.4 is 0 Å². The van der Waals surface area contributed by atoms with Crippen LogP contribution in [0.1, 0.15) is 33.6 Å². The van der Waals surface area contributed by atoms with Crippen molar-refractivity contribution in [3.8, 4) is 0 Å². The van der Waals surface area contributed by atoms with Crippen molar-refractivity contribution >= 4 is 0 Å². The van der Waals surface area contributed by atoms with Gasteiger partial charge in [0.2, 0.25) is 0 Å². The maximum Gasteiger partial charge on any atom is 0.0897 e. The molecule has 0 heterocycles. The van der Waals surface area contributed by atoms with Gasteiger partial charge in [-0.05, 0) is 18.3 Å². The number of alkyl halides is 1. The van der Waals surface area contributed by atoms with Crippen LogP contribution in [0.4, 0.5) is 4.39 Å². The molecule has 0 nitrogen and oxygen atoms in total. The van der Waals surface area contributed by atoms with Crippen LogP contribution in [0.25, 0.3) is 0 Å². The van der Waals surface area contributed by atoms with E-state index in [9.17, 15) is 4.39 Å². The Bertz CT molecular complexity index is 59.6. The van der Waals surface area contributed by atoms with E-state index in [4.69, 9.17) is 0 Å².